The van der Waals surface area contributed by atoms with E-state index in [-0.39, 0.29) is 11.9 Å². The Bertz CT molecular complexity index is 1210. The number of aromatic nitrogens is 4. The average Bonchev–Trinajstić information content (AvgIpc) is 3.30. The molecule has 140 valence electrons. The number of hydrogen-bond donors (Lipinski definition) is 0. The topological polar surface area (TPSA) is 55.4 Å². The molecule has 0 spiro atoms. The number of carbonyl (C=O) groups excluding carboxylic acids is 1. The van der Waals surface area contributed by atoms with E-state index in [9.17, 15) is 9.18 Å². The Kier molecular flexibility index (Phi) is 3.58. The van der Waals surface area contributed by atoms with Crippen molar-refractivity contribution >= 4 is 17.2 Å². The van der Waals surface area contributed by atoms with Gasteiger partial charge in [0.1, 0.15) is 11.3 Å². The molecule has 0 bridgehead atoms. The van der Waals surface area contributed by atoms with Crippen molar-refractivity contribution in [2.24, 2.45) is 0 Å². The lowest BCUT2D eigenvalue weighted by Crippen LogP contribution is -2.42. The molecular formula is C21H18FN5O. The summed E-state index contributed by atoms with van der Waals surface area (Å²) >= 11 is 0. The number of benzene rings is 1. The first kappa shape index (κ1) is 16.7. The first-order valence-corrected chi connectivity index (χ1v) is 9.12. The zero-order valence-corrected chi connectivity index (χ0v) is 15.5. The number of pyridine rings is 1. The van der Waals surface area contributed by atoms with E-state index in [0.717, 1.165) is 16.8 Å². The third-order valence-electron chi connectivity index (χ3n) is 5.22. The van der Waals surface area contributed by atoms with Crippen molar-refractivity contribution in [1.29, 1.82) is 0 Å². The highest BCUT2D eigenvalue weighted by atomic mass is 19.1. The van der Waals surface area contributed by atoms with Gasteiger partial charge in [-0.2, -0.15) is 9.49 Å². The molecule has 4 aromatic rings. The number of rotatable bonds is 2. The summed E-state index contributed by atoms with van der Waals surface area (Å²) in [5.41, 5.74) is 4.43. The van der Waals surface area contributed by atoms with E-state index >= 15 is 0 Å². The SMILES string of the molecule is Cc1ccc(N2C[C@H](C)n3ncc(-c4ccc5ncc(F)n5c4)c3C2=O)cc1. The second kappa shape index (κ2) is 6.02. The van der Waals surface area contributed by atoms with Crippen LogP contribution >= 0.6 is 0 Å². The molecule has 1 aliphatic rings. The molecule has 1 atom stereocenters. The molecule has 0 fully saturated rings. The van der Waals surface area contributed by atoms with Gasteiger partial charge in [-0.15, -0.1) is 0 Å². The summed E-state index contributed by atoms with van der Waals surface area (Å²) in [6, 6.07) is 11.5. The Labute approximate surface area is 160 Å². The lowest BCUT2D eigenvalue weighted by Gasteiger charge is -2.32. The molecule has 4 heterocycles. The van der Waals surface area contributed by atoms with Crippen LogP contribution in [0.1, 0.15) is 29.0 Å². The molecule has 3 aromatic heterocycles. The Balaban J connectivity index is 1.63. The number of amides is 1. The number of halogens is 1. The molecule has 28 heavy (non-hydrogen) atoms. The fourth-order valence-electron chi connectivity index (χ4n) is 3.73. The number of fused-ring (bicyclic) bond motifs is 2. The first-order valence-electron chi connectivity index (χ1n) is 9.12. The van der Waals surface area contributed by atoms with Gasteiger partial charge in [-0.25, -0.2) is 4.98 Å². The van der Waals surface area contributed by atoms with Crippen molar-refractivity contribution < 1.29 is 9.18 Å². The first-order chi connectivity index (χ1) is 13.5. The van der Waals surface area contributed by atoms with Gasteiger partial charge >= 0.3 is 0 Å². The normalized spacial score (nSPS) is 16.6. The van der Waals surface area contributed by atoms with Crippen LogP contribution in [0.25, 0.3) is 16.8 Å². The second-order valence-corrected chi connectivity index (χ2v) is 7.18. The van der Waals surface area contributed by atoms with Gasteiger partial charge in [0, 0.05) is 29.6 Å². The number of imidazole rings is 1. The highest BCUT2D eigenvalue weighted by Gasteiger charge is 2.33. The Morgan fingerprint density at radius 2 is 1.89 bits per heavy atom. The van der Waals surface area contributed by atoms with Gasteiger partial charge in [0.15, 0.2) is 0 Å². The second-order valence-electron chi connectivity index (χ2n) is 7.18. The summed E-state index contributed by atoms with van der Waals surface area (Å²) in [5.74, 6) is -0.556. The molecule has 7 heteroatoms. The van der Waals surface area contributed by atoms with E-state index in [1.165, 1.54) is 10.6 Å². The third kappa shape index (κ3) is 2.43. The van der Waals surface area contributed by atoms with Gasteiger partial charge in [-0.1, -0.05) is 17.7 Å². The van der Waals surface area contributed by atoms with Crippen molar-refractivity contribution in [1.82, 2.24) is 19.2 Å². The molecule has 1 aliphatic heterocycles. The van der Waals surface area contributed by atoms with Crippen LogP contribution in [-0.4, -0.2) is 31.6 Å². The van der Waals surface area contributed by atoms with E-state index in [1.807, 2.05) is 44.2 Å². The molecular weight excluding hydrogens is 357 g/mol. The van der Waals surface area contributed by atoms with Gasteiger partial charge in [0.2, 0.25) is 5.95 Å². The molecule has 0 saturated heterocycles. The van der Waals surface area contributed by atoms with Gasteiger partial charge in [-0.05, 0) is 38.1 Å². The summed E-state index contributed by atoms with van der Waals surface area (Å²) in [5, 5.41) is 4.45. The van der Waals surface area contributed by atoms with Crippen LogP contribution in [-0.2, 0) is 0 Å². The fourth-order valence-corrected chi connectivity index (χ4v) is 3.73. The molecule has 0 aliphatic carbocycles. The highest BCUT2D eigenvalue weighted by Crippen LogP contribution is 2.32. The zero-order chi connectivity index (χ0) is 19.4. The van der Waals surface area contributed by atoms with E-state index in [2.05, 4.69) is 10.1 Å². The van der Waals surface area contributed by atoms with Crippen molar-refractivity contribution in [2.75, 3.05) is 11.4 Å². The minimum atomic E-state index is -0.445. The van der Waals surface area contributed by atoms with Crippen molar-refractivity contribution in [3.05, 3.63) is 72.2 Å². The van der Waals surface area contributed by atoms with Crippen LogP contribution in [0, 0.1) is 12.9 Å². The third-order valence-corrected chi connectivity index (χ3v) is 5.22. The van der Waals surface area contributed by atoms with Gasteiger partial charge in [0.25, 0.3) is 5.91 Å². The number of hydrogen-bond acceptors (Lipinski definition) is 3. The van der Waals surface area contributed by atoms with Crippen LogP contribution in [0.2, 0.25) is 0 Å². The quantitative estimate of drug-likeness (QED) is 0.534. The maximum absolute atomic E-state index is 14.0. The summed E-state index contributed by atoms with van der Waals surface area (Å²) in [7, 11) is 0. The maximum atomic E-state index is 14.0. The van der Waals surface area contributed by atoms with Crippen LogP contribution in [0.15, 0.2) is 55.0 Å². The number of aryl methyl sites for hydroxylation is 1. The Morgan fingerprint density at radius 3 is 2.68 bits per heavy atom. The minimum absolute atomic E-state index is 0.0245. The smallest absolute Gasteiger partial charge is 0.277 e. The minimum Gasteiger partial charge on any atom is -0.305 e. The summed E-state index contributed by atoms with van der Waals surface area (Å²) < 4.78 is 17.1. The Hall–Kier alpha value is -3.48. The molecule has 0 N–H and O–H groups in total. The Morgan fingerprint density at radius 1 is 1.11 bits per heavy atom. The van der Waals surface area contributed by atoms with Crippen molar-refractivity contribution in [3.8, 4) is 11.1 Å². The summed E-state index contributed by atoms with van der Waals surface area (Å²) in [6.07, 6.45) is 4.51. The van der Waals surface area contributed by atoms with Crippen molar-refractivity contribution in [3.63, 3.8) is 0 Å². The maximum Gasteiger partial charge on any atom is 0.277 e. The molecule has 1 aromatic carbocycles. The molecule has 0 radical (unpaired) electrons. The molecule has 1 amide bonds. The number of nitrogens with zero attached hydrogens (tertiary/aromatic N) is 5. The van der Waals surface area contributed by atoms with Crippen LogP contribution in [0.3, 0.4) is 0 Å². The van der Waals surface area contributed by atoms with Crippen LogP contribution in [0.4, 0.5) is 10.1 Å². The summed E-state index contributed by atoms with van der Waals surface area (Å²) in [6.45, 7) is 4.60. The van der Waals surface area contributed by atoms with Gasteiger partial charge < -0.3 is 4.90 Å². The molecule has 6 nitrogen and oxygen atoms in total. The van der Waals surface area contributed by atoms with E-state index < -0.39 is 5.95 Å². The predicted octanol–water partition coefficient (Wildman–Crippen LogP) is 3.87. The standard InChI is InChI=1S/C21H18FN5O/c1-13-3-6-16(7-4-13)25-11-14(2)27-20(21(25)28)17(9-24-27)15-5-8-19-23-10-18(22)26(19)12-15/h3-10,12,14H,11H2,1-2H3/t14-/m0/s1. The molecule has 5 rings (SSSR count). The monoisotopic (exact) mass is 375 g/mol. The zero-order valence-electron chi connectivity index (χ0n) is 15.5. The van der Waals surface area contributed by atoms with Gasteiger partial charge in [-0.3, -0.25) is 13.9 Å². The lowest BCUT2D eigenvalue weighted by molar-refractivity contribution is 0.0954. The lowest BCUT2D eigenvalue weighted by atomic mass is 10.0. The molecule has 0 saturated carbocycles. The highest BCUT2D eigenvalue weighted by molar-refractivity contribution is 6.09. The van der Waals surface area contributed by atoms with E-state index in [1.54, 1.807) is 28.0 Å². The fraction of sp³-hybridized carbons (Fsp3) is 0.190. The largest absolute Gasteiger partial charge is 0.305 e. The van der Waals surface area contributed by atoms with E-state index in [0.29, 0.717) is 23.4 Å². The number of anilines is 1. The van der Waals surface area contributed by atoms with Crippen LogP contribution in [0.5, 0.6) is 0 Å². The summed E-state index contributed by atoms with van der Waals surface area (Å²) in [4.78, 5) is 19.1. The van der Waals surface area contributed by atoms with Gasteiger partial charge in [0.05, 0.1) is 18.4 Å². The number of carbonyl (C=O) groups is 1. The van der Waals surface area contributed by atoms with E-state index in [4.69, 9.17) is 0 Å². The predicted molar refractivity (Wildman–Crippen MR) is 104 cm³/mol. The van der Waals surface area contributed by atoms with Crippen molar-refractivity contribution in [2.45, 2.75) is 19.9 Å². The molecule has 0 unspecified atom stereocenters. The van der Waals surface area contributed by atoms with Crippen LogP contribution < -0.4 is 4.90 Å². The average molecular weight is 375 g/mol.